The molecule has 0 N–H and O–H groups in total. The lowest BCUT2D eigenvalue weighted by Gasteiger charge is -2.03. The van der Waals surface area contributed by atoms with Gasteiger partial charge in [0.2, 0.25) is 0 Å². The largest absolute Gasteiger partial charge is 0.484 e. The zero-order valence-electron chi connectivity index (χ0n) is 12.9. The molecule has 1 amide bonds. The summed E-state index contributed by atoms with van der Waals surface area (Å²) in [5, 5.41) is 0. The highest BCUT2D eigenvalue weighted by atomic mass is 32.1. The van der Waals surface area contributed by atoms with Crippen molar-refractivity contribution in [2.24, 2.45) is 4.99 Å². The van der Waals surface area contributed by atoms with E-state index in [2.05, 4.69) is 28.6 Å². The first kappa shape index (κ1) is 15.5. The number of nitrogens with zero attached hydrogens (tertiary/aromatic N) is 2. The van der Waals surface area contributed by atoms with Gasteiger partial charge in [0.05, 0.1) is 10.2 Å². The van der Waals surface area contributed by atoms with Gasteiger partial charge >= 0.3 is 0 Å². The molecule has 0 bridgehead atoms. The quantitative estimate of drug-likeness (QED) is 0.719. The van der Waals surface area contributed by atoms with Crippen LogP contribution in [0.2, 0.25) is 0 Å². The van der Waals surface area contributed by atoms with E-state index in [-0.39, 0.29) is 12.5 Å². The molecule has 3 aromatic rings. The van der Waals surface area contributed by atoms with Gasteiger partial charge in [-0.2, -0.15) is 4.99 Å². The summed E-state index contributed by atoms with van der Waals surface area (Å²) in [5.74, 6) is 0.402. The summed E-state index contributed by atoms with van der Waals surface area (Å²) in [4.78, 5) is 17.1. The summed E-state index contributed by atoms with van der Waals surface area (Å²) < 4.78 is 8.70. The Morgan fingerprint density at radius 1 is 1.13 bits per heavy atom. The van der Waals surface area contributed by atoms with Crippen molar-refractivity contribution in [1.82, 2.24) is 4.57 Å². The minimum atomic E-state index is -0.273. The van der Waals surface area contributed by atoms with Crippen molar-refractivity contribution >= 4 is 27.5 Å². The van der Waals surface area contributed by atoms with E-state index in [1.54, 1.807) is 0 Å². The molecule has 0 unspecified atom stereocenters. The number of aromatic nitrogens is 1. The lowest BCUT2D eigenvalue weighted by Crippen LogP contribution is -2.19. The fraction of sp³-hybridized carbons (Fsp3) is 0.222. The Bertz CT molecular complexity index is 865. The molecule has 5 heteroatoms. The van der Waals surface area contributed by atoms with Gasteiger partial charge in [-0.1, -0.05) is 48.6 Å². The molecule has 0 fully saturated rings. The van der Waals surface area contributed by atoms with Crippen molar-refractivity contribution in [3.8, 4) is 5.75 Å². The van der Waals surface area contributed by atoms with Crippen LogP contribution in [-0.4, -0.2) is 17.1 Å². The summed E-state index contributed by atoms with van der Waals surface area (Å²) in [6.45, 7) is 2.91. The van der Waals surface area contributed by atoms with Crippen LogP contribution < -0.4 is 9.54 Å². The number of aryl methyl sites for hydroxylation is 1. The Labute approximate surface area is 138 Å². The maximum Gasteiger partial charge on any atom is 0.286 e. The van der Waals surface area contributed by atoms with Crippen LogP contribution >= 0.6 is 11.3 Å². The fourth-order valence-corrected chi connectivity index (χ4v) is 3.42. The molecular formula is C18H18N2O2S. The van der Waals surface area contributed by atoms with Gasteiger partial charge in [0.25, 0.3) is 5.91 Å². The standard InChI is InChI=1S/C18H18N2O2S/c1-2-12-20-15-10-6-7-11-16(15)23-18(20)19-17(21)13-22-14-8-4-3-5-9-14/h3-11H,2,12-13H2,1H3. The summed E-state index contributed by atoms with van der Waals surface area (Å²) in [6.07, 6.45) is 0.989. The van der Waals surface area contributed by atoms with Gasteiger partial charge in [0, 0.05) is 6.54 Å². The van der Waals surface area contributed by atoms with Crippen molar-refractivity contribution in [2.75, 3.05) is 6.61 Å². The van der Waals surface area contributed by atoms with E-state index in [1.165, 1.54) is 11.3 Å². The molecule has 0 spiro atoms. The van der Waals surface area contributed by atoms with Crippen molar-refractivity contribution in [1.29, 1.82) is 0 Å². The summed E-state index contributed by atoms with van der Waals surface area (Å²) in [5.41, 5.74) is 1.12. The Hall–Kier alpha value is -2.40. The summed E-state index contributed by atoms with van der Waals surface area (Å²) >= 11 is 1.53. The number of para-hydroxylation sites is 2. The van der Waals surface area contributed by atoms with Gasteiger partial charge in [0.1, 0.15) is 5.75 Å². The van der Waals surface area contributed by atoms with Crippen molar-refractivity contribution < 1.29 is 9.53 Å². The lowest BCUT2D eigenvalue weighted by molar-refractivity contribution is -0.120. The number of amides is 1. The molecule has 1 aromatic heterocycles. The maximum atomic E-state index is 12.1. The second kappa shape index (κ2) is 7.24. The van der Waals surface area contributed by atoms with Crippen LogP contribution in [0.4, 0.5) is 0 Å². The van der Waals surface area contributed by atoms with Crippen molar-refractivity contribution in [3.63, 3.8) is 0 Å². The van der Waals surface area contributed by atoms with Crippen LogP contribution in [0.15, 0.2) is 59.6 Å². The Kier molecular flexibility index (Phi) is 4.88. The topological polar surface area (TPSA) is 43.6 Å². The van der Waals surface area contributed by atoms with Crippen LogP contribution in [0.1, 0.15) is 13.3 Å². The van der Waals surface area contributed by atoms with Crippen LogP contribution in [0, 0.1) is 0 Å². The van der Waals surface area contributed by atoms with Gasteiger partial charge in [-0.3, -0.25) is 4.79 Å². The molecule has 118 valence electrons. The Morgan fingerprint density at radius 3 is 2.65 bits per heavy atom. The molecule has 23 heavy (non-hydrogen) atoms. The Balaban J connectivity index is 1.84. The zero-order chi connectivity index (χ0) is 16.1. The van der Waals surface area contributed by atoms with Crippen LogP contribution in [-0.2, 0) is 11.3 Å². The lowest BCUT2D eigenvalue weighted by atomic mass is 10.3. The molecule has 0 aliphatic carbocycles. The predicted octanol–water partition coefficient (Wildman–Crippen LogP) is 3.62. The number of carbonyl (C=O) groups excluding carboxylic acids is 1. The first-order valence-electron chi connectivity index (χ1n) is 7.61. The van der Waals surface area contributed by atoms with Gasteiger partial charge in [-0.15, -0.1) is 0 Å². The molecule has 0 radical (unpaired) electrons. The van der Waals surface area contributed by atoms with E-state index < -0.39 is 0 Å². The van der Waals surface area contributed by atoms with E-state index >= 15 is 0 Å². The van der Waals surface area contributed by atoms with Crippen LogP contribution in [0.5, 0.6) is 5.75 Å². The minimum Gasteiger partial charge on any atom is -0.484 e. The number of fused-ring (bicyclic) bond motifs is 1. The van der Waals surface area contributed by atoms with Crippen LogP contribution in [0.25, 0.3) is 10.2 Å². The molecule has 2 aromatic carbocycles. The molecule has 1 heterocycles. The van der Waals surface area contributed by atoms with E-state index in [1.807, 2.05) is 42.5 Å². The number of rotatable bonds is 5. The average Bonchev–Trinajstić information content (AvgIpc) is 2.92. The fourth-order valence-electron chi connectivity index (χ4n) is 2.35. The first-order valence-corrected chi connectivity index (χ1v) is 8.43. The maximum absolute atomic E-state index is 12.1. The monoisotopic (exact) mass is 326 g/mol. The summed E-state index contributed by atoms with van der Waals surface area (Å²) in [6, 6.07) is 17.4. The number of thiazole rings is 1. The number of hydrogen-bond acceptors (Lipinski definition) is 3. The third-order valence-corrected chi connectivity index (χ3v) is 4.42. The number of hydrogen-bond donors (Lipinski definition) is 0. The van der Waals surface area contributed by atoms with Gasteiger partial charge in [0.15, 0.2) is 11.4 Å². The highest BCUT2D eigenvalue weighted by molar-refractivity contribution is 7.16. The van der Waals surface area contributed by atoms with E-state index in [0.29, 0.717) is 5.75 Å². The molecule has 0 atom stereocenters. The van der Waals surface area contributed by atoms with E-state index in [4.69, 9.17) is 4.74 Å². The molecule has 3 rings (SSSR count). The highest BCUT2D eigenvalue weighted by Gasteiger charge is 2.07. The molecule has 0 aliphatic rings. The summed E-state index contributed by atoms with van der Waals surface area (Å²) in [7, 11) is 0. The van der Waals surface area contributed by atoms with E-state index in [0.717, 1.165) is 28.0 Å². The number of carbonyl (C=O) groups is 1. The molecular weight excluding hydrogens is 308 g/mol. The van der Waals surface area contributed by atoms with Crippen molar-refractivity contribution in [3.05, 3.63) is 59.4 Å². The van der Waals surface area contributed by atoms with Gasteiger partial charge < -0.3 is 9.30 Å². The number of ether oxygens (including phenoxy) is 1. The van der Waals surface area contributed by atoms with Gasteiger partial charge in [-0.05, 0) is 30.7 Å². The molecule has 0 saturated carbocycles. The average molecular weight is 326 g/mol. The normalized spacial score (nSPS) is 11.8. The van der Waals surface area contributed by atoms with Crippen LogP contribution in [0.3, 0.4) is 0 Å². The highest BCUT2D eigenvalue weighted by Crippen LogP contribution is 2.17. The molecule has 0 aliphatic heterocycles. The van der Waals surface area contributed by atoms with E-state index in [9.17, 15) is 4.79 Å². The number of benzene rings is 2. The minimum absolute atomic E-state index is 0.0512. The zero-order valence-corrected chi connectivity index (χ0v) is 13.8. The Morgan fingerprint density at radius 2 is 1.87 bits per heavy atom. The first-order chi connectivity index (χ1) is 11.3. The second-order valence-corrected chi connectivity index (χ2v) is 6.12. The van der Waals surface area contributed by atoms with Crippen molar-refractivity contribution in [2.45, 2.75) is 19.9 Å². The predicted molar refractivity (Wildman–Crippen MR) is 92.6 cm³/mol. The molecule has 0 saturated heterocycles. The SMILES string of the molecule is CCCn1c(=NC(=O)COc2ccccc2)sc2ccccc21. The third kappa shape index (κ3) is 3.68. The third-order valence-electron chi connectivity index (χ3n) is 3.36. The smallest absolute Gasteiger partial charge is 0.286 e. The molecule has 4 nitrogen and oxygen atoms in total. The van der Waals surface area contributed by atoms with Gasteiger partial charge in [-0.25, -0.2) is 0 Å². The second-order valence-electron chi connectivity index (χ2n) is 5.11.